The Morgan fingerprint density at radius 1 is 0.767 bits per heavy atom. The molecule has 1 aromatic heterocycles. The van der Waals surface area contributed by atoms with E-state index in [0.717, 1.165) is 0 Å². The van der Waals surface area contributed by atoms with Gasteiger partial charge in [0.25, 0.3) is 20.2 Å². The number of fused-ring (bicyclic) bond motifs is 2. The van der Waals surface area contributed by atoms with Gasteiger partial charge in [0.15, 0.2) is 11.6 Å². The molecule has 3 aromatic rings. The molecule has 1 aliphatic carbocycles. The normalized spacial score (nSPS) is 14.6. The van der Waals surface area contributed by atoms with Gasteiger partial charge in [0.1, 0.15) is 15.7 Å². The molecule has 0 amide bonds. The van der Waals surface area contributed by atoms with Gasteiger partial charge in [-0.25, -0.2) is 0 Å². The molecule has 0 atom stereocenters. The molecule has 1 aliphatic rings. The Morgan fingerprint density at radius 2 is 1.23 bits per heavy atom. The molecule has 150 valence electrons. The summed E-state index contributed by atoms with van der Waals surface area (Å²) in [5.74, 6) is -3.37. The zero-order valence-electron chi connectivity index (χ0n) is 16.3. The number of hydrogen-bond acceptors (Lipinski definition) is 7. The average Bonchev–Trinajstić information content (AvgIpc) is 2.89. The van der Waals surface area contributed by atoms with E-state index < -0.39 is 53.2 Å². The summed E-state index contributed by atoms with van der Waals surface area (Å²) in [7, 11) is -10.5. The smallest absolute Gasteiger partial charge is 1.00 e. The van der Waals surface area contributed by atoms with E-state index in [1.54, 1.807) is 0 Å². The SMILES string of the molecule is O=C1c2ccccc2C(=O)C1c1nc2ccccc2c(S(=O)(=O)O)c1S(=O)(=O)O.[H-].[Na+]. The minimum absolute atomic E-state index is 0. The Kier molecular flexibility index (Phi) is 5.75. The Labute approximate surface area is 194 Å². The molecule has 0 radical (unpaired) electrons. The molecule has 0 unspecified atom stereocenters. The minimum atomic E-state index is -5.32. The van der Waals surface area contributed by atoms with Gasteiger partial charge in [-0.05, 0) is 6.07 Å². The molecule has 30 heavy (non-hydrogen) atoms. The number of ketones is 2. The van der Waals surface area contributed by atoms with E-state index in [2.05, 4.69) is 4.98 Å². The van der Waals surface area contributed by atoms with Gasteiger partial charge in [0.2, 0.25) is 0 Å². The number of rotatable bonds is 3. The quantitative estimate of drug-likeness (QED) is 0.286. The maximum Gasteiger partial charge on any atom is 1.00 e. The summed E-state index contributed by atoms with van der Waals surface area (Å²) < 4.78 is 67.8. The molecule has 2 N–H and O–H groups in total. The third-order valence-corrected chi connectivity index (χ3v) is 6.60. The Balaban J connectivity index is 0.00000171. The van der Waals surface area contributed by atoms with Crippen LogP contribution >= 0.6 is 0 Å². The molecule has 12 heteroatoms. The van der Waals surface area contributed by atoms with Crippen LogP contribution in [0, 0.1) is 0 Å². The fourth-order valence-electron chi connectivity index (χ4n) is 3.47. The number of nitrogens with zero attached hydrogens (tertiary/aromatic N) is 1. The average molecular weight is 457 g/mol. The van der Waals surface area contributed by atoms with E-state index in [1.807, 2.05) is 0 Å². The van der Waals surface area contributed by atoms with Gasteiger partial charge < -0.3 is 1.43 Å². The van der Waals surface area contributed by atoms with Crippen LogP contribution in [0.15, 0.2) is 58.3 Å². The second kappa shape index (κ2) is 7.61. The van der Waals surface area contributed by atoms with Gasteiger partial charge in [-0.2, -0.15) is 16.8 Å². The van der Waals surface area contributed by atoms with Crippen molar-refractivity contribution >= 4 is 42.7 Å². The van der Waals surface area contributed by atoms with Crippen LogP contribution in [0.3, 0.4) is 0 Å². The first-order valence-corrected chi connectivity index (χ1v) is 10.9. The molecule has 4 rings (SSSR count). The van der Waals surface area contributed by atoms with Crippen molar-refractivity contribution in [2.75, 3.05) is 0 Å². The van der Waals surface area contributed by atoms with Crippen molar-refractivity contribution in [2.24, 2.45) is 0 Å². The van der Waals surface area contributed by atoms with Crippen LogP contribution in [0.25, 0.3) is 10.9 Å². The first kappa shape index (κ1) is 22.7. The second-order valence-corrected chi connectivity index (χ2v) is 9.05. The van der Waals surface area contributed by atoms with Crippen LogP contribution in [0.1, 0.15) is 33.8 Å². The molecule has 2 aromatic carbocycles. The van der Waals surface area contributed by atoms with E-state index in [-0.39, 0.29) is 53.0 Å². The van der Waals surface area contributed by atoms with Crippen molar-refractivity contribution < 1.29 is 66.5 Å². The van der Waals surface area contributed by atoms with Crippen molar-refractivity contribution in [3.8, 4) is 0 Å². The minimum Gasteiger partial charge on any atom is -1.00 e. The fourth-order valence-corrected chi connectivity index (χ4v) is 5.67. The molecule has 0 spiro atoms. The van der Waals surface area contributed by atoms with E-state index in [0.29, 0.717) is 0 Å². The van der Waals surface area contributed by atoms with Gasteiger partial charge in [-0.3, -0.25) is 23.7 Å². The fraction of sp³-hybridized carbons (Fsp3) is 0.0556. The topological polar surface area (TPSA) is 156 Å². The van der Waals surface area contributed by atoms with Crippen LogP contribution in [0.5, 0.6) is 0 Å². The van der Waals surface area contributed by atoms with E-state index in [1.165, 1.54) is 48.5 Å². The predicted molar refractivity (Wildman–Crippen MR) is 100 cm³/mol. The third-order valence-electron chi connectivity index (χ3n) is 4.60. The summed E-state index contributed by atoms with van der Waals surface area (Å²) in [5.41, 5.74) is -0.802. The molecule has 0 aliphatic heterocycles. The standard InChI is InChI=1S/C18H11NO8S2.Na.H/c20-15-9-5-1-2-6-10(9)16(21)13(15)14-18(29(25,26)27)17(28(22,23)24)11-7-3-4-8-12(11)19-14;;/h1-8,13H,(H,22,23,24)(H,25,26,27);;/q;+1;-1. The molecule has 0 saturated heterocycles. The molecular weight excluding hydrogens is 445 g/mol. The van der Waals surface area contributed by atoms with Crippen LogP contribution < -0.4 is 29.6 Å². The summed E-state index contributed by atoms with van der Waals surface area (Å²) in [6, 6.07) is 11.1. The summed E-state index contributed by atoms with van der Waals surface area (Å²) in [6.07, 6.45) is 0. The van der Waals surface area contributed by atoms with Gasteiger partial charge in [0.05, 0.1) is 11.2 Å². The Morgan fingerprint density at radius 3 is 1.73 bits per heavy atom. The number of benzene rings is 2. The summed E-state index contributed by atoms with van der Waals surface area (Å²) in [4.78, 5) is 27.3. The maximum atomic E-state index is 12.8. The van der Waals surface area contributed by atoms with Crippen LogP contribution in [-0.4, -0.2) is 42.5 Å². The molecule has 9 nitrogen and oxygen atoms in total. The van der Waals surface area contributed by atoms with E-state index in [9.17, 15) is 35.5 Å². The Bertz CT molecular complexity index is 1420. The van der Waals surface area contributed by atoms with Crippen molar-refractivity contribution in [1.29, 1.82) is 0 Å². The molecular formula is C18H12NNaO8S2. The first-order chi connectivity index (χ1) is 13.5. The second-order valence-electron chi connectivity index (χ2n) is 6.33. The van der Waals surface area contributed by atoms with Gasteiger partial charge in [-0.1, -0.05) is 42.5 Å². The van der Waals surface area contributed by atoms with Crippen molar-refractivity contribution in [1.82, 2.24) is 4.98 Å². The van der Waals surface area contributed by atoms with Gasteiger partial charge >= 0.3 is 29.6 Å². The number of Topliss-reactive ketones (excluding diaryl/α,β-unsaturated/α-hetero) is 2. The molecule has 0 fully saturated rings. The van der Waals surface area contributed by atoms with Crippen molar-refractivity contribution in [3.05, 3.63) is 65.4 Å². The molecule has 0 saturated carbocycles. The summed E-state index contributed by atoms with van der Waals surface area (Å²) >= 11 is 0. The monoisotopic (exact) mass is 457 g/mol. The number of hydrogen-bond donors (Lipinski definition) is 2. The summed E-state index contributed by atoms with van der Waals surface area (Å²) in [5, 5.41) is -0.290. The van der Waals surface area contributed by atoms with E-state index in [4.69, 9.17) is 0 Å². The van der Waals surface area contributed by atoms with Gasteiger partial charge in [-0.15, -0.1) is 0 Å². The number of carbonyl (C=O) groups excluding carboxylic acids is 2. The third kappa shape index (κ3) is 3.52. The number of pyridine rings is 1. The number of aromatic nitrogens is 1. The number of carbonyl (C=O) groups is 2. The zero-order chi connectivity index (χ0) is 21.1. The van der Waals surface area contributed by atoms with E-state index >= 15 is 0 Å². The number of para-hydroxylation sites is 1. The maximum absolute atomic E-state index is 12.8. The van der Waals surface area contributed by atoms with Gasteiger partial charge in [0, 0.05) is 16.5 Å². The largest absolute Gasteiger partial charge is 1.00 e. The van der Waals surface area contributed by atoms with Crippen LogP contribution in [0.2, 0.25) is 0 Å². The van der Waals surface area contributed by atoms with Crippen molar-refractivity contribution in [3.63, 3.8) is 0 Å². The van der Waals surface area contributed by atoms with Crippen molar-refractivity contribution in [2.45, 2.75) is 15.7 Å². The molecule has 1 heterocycles. The van der Waals surface area contributed by atoms with Crippen LogP contribution in [-0.2, 0) is 20.2 Å². The predicted octanol–water partition coefficient (Wildman–Crippen LogP) is -0.992. The van der Waals surface area contributed by atoms with Crippen LogP contribution in [0.4, 0.5) is 0 Å². The first-order valence-electron chi connectivity index (χ1n) is 8.07. The molecule has 0 bridgehead atoms. The zero-order valence-corrected chi connectivity index (χ0v) is 18.9. The summed E-state index contributed by atoms with van der Waals surface area (Å²) in [6.45, 7) is 0. The Hall–Kier alpha value is -1.99.